The highest BCUT2D eigenvalue weighted by Crippen LogP contribution is 2.35. The van der Waals surface area contributed by atoms with Crippen LogP contribution in [0.3, 0.4) is 0 Å². The van der Waals surface area contributed by atoms with Crippen molar-refractivity contribution in [1.82, 2.24) is 4.98 Å². The topological polar surface area (TPSA) is 88.3 Å². The van der Waals surface area contributed by atoms with Crippen molar-refractivity contribution in [2.75, 3.05) is 11.9 Å². The van der Waals surface area contributed by atoms with E-state index in [0.29, 0.717) is 16.9 Å². The predicted octanol–water partition coefficient (Wildman–Crippen LogP) is 2.05. The average Bonchev–Trinajstić information content (AvgIpc) is 2.24. The SMILES string of the molecule is Cc1nc(Cl)c([N+](=O)[O-])c(N[C@@H](C)CO)c1C. The minimum absolute atomic E-state index is 0.129. The number of aryl methyl sites for hydroxylation is 1. The van der Waals surface area contributed by atoms with Crippen LogP contribution < -0.4 is 5.32 Å². The van der Waals surface area contributed by atoms with E-state index >= 15 is 0 Å². The maximum Gasteiger partial charge on any atom is 0.329 e. The molecule has 1 rings (SSSR count). The van der Waals surface area contributed by atoms with E-state index in [-0.39, 0.29) is 23.5 Å². The van der Waals surface area contributed by atoms with Crippen LogP contribution in [-0.2, 0) is 0 Å². The van der Waals surface area contributed by atoms with Crippen molar-refractivity contribution in [2.24, 2.45) is 0 Å². The first-order chi connectivity index (χ1) is 7.88. The van der Waals surface area contributed by atoms with Crippen molar-refractivity contribution in [1.29, 1.82) is 0 Å². The Labute approximate surface area is 104 Å². The van der Waals surface area contributed by atoms with Crippen molar-refractivity contribution in [3.05, 3.63) is 26.5 Å². The molecule has 0 saturated carbocycles. The number of nitro groups is 1. The molecule has 0 amide bonds. The molecule has 17 heavy (non-hydrogen) atoms. The van der Waals surface area contributed by atoms with Gasteiger partial charge in [0, 0.05) is 17.3 Å². The van der Waals surface area contributed by atoms with E-state index in [0.717, 1.165) is 0 Å². The number of aliphatic hydroxyl groups excluding tert-OH is 1. The number of anilines is 1. The Kier molecular flexibility index (Phi) is 4.25. The minimum atomic E-state index is -0.575. The van der Waals surface area contributed by atoms with Crippen LogP contribution in [0.2, 0.25) is 5.15 Å². The van der Waals surface area contributed by atoms with E-state index in [9.17, 15) is 10.1 Å². The zero-order chi connectivity index (χ0) is 13.2. The molecule has 0 bridgehead atoms. The third kappa shape index (κ3) is 2.83. The second kappa shape index (κ2) is 5.29. The van der Waals surface area contributed by atoms with Gasteiger partial charge in [0.1, 0.15) is 5.69 Å². The summed E-state index contributed by atoms with van der Waals surface area (Å²) in [5.41, 5.74) is 1.33. The summed E-state index contributed by atoms with van der Waals surface area (Å²) in [6, 6.07) is -0.301. The number of pyridine rings is 1. The largest absolute Gasteiger partial charge is 0.394 e. The van der Waals surface area contributed by atoms with Gasteiger partial charge in [0.25, 0.3) is 0 Å². The lowest BCUT2D eigenvalue weighted by atomic mass is 10.1. The van der Waals surface area contributed by atoms with Gasteiger partial charge in [0.2, 0.25) is 5.15 Å². The van der Waals surface area contributed by atoms with Crippen LogP contribution in [0, 0.1) is 24.0 Å². The number of nitrogens with one attached hydrogen (secondary N) is 1. The lowest BCUT2D eigenvalue weighted by Gasteiger charge is -2.16. The number of hydrogen-bond donors (Lipinski definition) is 2. The molecule has 0 aliphatic carbocycles. The molecule has 94 valence electrons. The van der Waals surface area contributed by atoms with E-state index in [1.807, 2.05) is 0 Å². The summed E-state index contributed by atoms with van der Waals surface area (Å²) in [6.07, 6.45) is 0. The highest BCUT2D eigenvalue weighted by atomic mass is 35.5. The molecule has 6 nitrogen and oxygen atoms in total. The van der Waals surface area contributed by atoms with Crippen molar-refractivity contribution in [3.8, 4) is 0 Å². The van der Waals surface area contributed by atoms with Gasteiger partial charge >= 0.3 is 5.69 Å². The second-order valence-electron chi connectivity index (χ2n) is 3.82. The van der Waals surface area contributed by atoms with Gasteiger partial charge in [0.15, 0.2) is 0 Å². The summed E-state index contributed by atoms with van der Waals surface area (Å²) in [6.45, 7) is 5.03. The standard InChI is InChI=1S/C10H14ClN3O3/c1-5(4-15)12-8-6(2)7(3)13-10(11)9(8)14(16)17/h5,15H,4H2,1-3H3,(H,12,13)/t5-/m0/s1. The smallest absolute Gasteiger partial charge is 0.329 e. The van der Waals surface area contributed by atoms with Gasteiger partial charge in [-0.15, -0.1) is 0 Å². The highest BCUT2D eigenvalue weighted by molar-refractivity contribution is 6.32. The number of aromatic nitrogens is 1. The number of halogens is 1. The van der Waals surface area contributed by atoms with Gasteiger partial charge in [-0.2, -0.15) is 0 Å². The first kappa shape index (κ1) is 13.7. The molecule has 1 aromatic heterocycles. The Hall–Kier alpha value is -1.40. The molecule has 0 radical (unpaired) electrons. The van der Waals surface area contributed by atoms with Crippen LogP contribution in [-0.4, -0.2) is 27.7 Å². The number of hydrogen-bond acceptors (Lipinski definition) is 5. The normalized spacial score (nSPS) is 12.3. The lowest BCUT2D eigenvalue weighted by Crippen LogP contribution is -2.21. The predicted molar refractivity (Wildman–Crippen MR) is 65.5 cm³/mol. The molecule has 0 aromatic carbocycles. The highest BCUT2D eigenvalue weighted by Gasteiger charge is 2.24. The number of rotatable bonds is 4. The summed E-state index contributed by atoms with van der Waals surface area (Å²) in [5.74, 6) is 0. The zero-order valence-corrected chi connectivity index (χ0v) is 10.6. The van der Waals surface area contributed by atoms with Crippen molar-refractivity contribution < 1.29 is 10.0 Å². The van der Waals surface area contributed by atoms with Gasteiger partial charge in [-0.25, -0.2) is 4.98 Å². The van der Waals surface area contributed by atoms with Crippen LogP contribution >= 0.6 is 11.6 Å². The van der Waals surface area contributed by atoms with Gasteiger partial charge in [-0.3, -0.25) is 10.1 Å². The van der Waals surface area contributed by atoms with Crippen LogP contribution in [0.4, 0.5) is 11.4 Å². The molecule has 2 N–H and O–H groups in total. The Morgan fingerprint density at radius 2 is 2.18 bits per heavy atom. The summed E-state index contributed by atoms with van der Waals surface area (Å²) >= 11 is 5.77. The molecule has 1 atom stereocenters. The summed E-state index contributed by atoms with van der Waals surface area (Å²) in [4.78, 5) is 14.3. The Bertz CT molecular complexity index is 451. The summed E-state index contributed by atoms with van der Waals surface area (Å²) < 4.78 is 0. The van der Waals surface area contributed by atoms with Crippen molar-refractivity contribution in [2.45, 2.75) is 26.8 Å². The molecular weight excluding hydrogens is 246 g/mol. The van der Waals surface area contributed by atoms with Crippen LogP contribution in [0.25, 0.3) is 0 Å². The Morgan fingerprint density at radius 3 is 2.65 bits per heavy atom. The van der Waals surface area contributed by atoms with Gasteiger partial charge in [-0.1, -0.05) is 11.6 Å². The summed E-state index contributed by atoms with van der Waals surface area (Å²) in [5, 5.41) is 22.7. The van der Waals surface area contributed by atoms with Gasteiger partial charge in [0.05, 0.1) is 11.5 Å². The van der Waals surface area contributed by atoms with E-state index in [4.69, 9.17) is 16.7 Å². The third-order valence-electron chi connectivity index (χ3n) is 2.46. The van der Waals surface area contributed by atoms with Crippen molar-refractivity contribution in [3.63, 3.8) is 0 Å². The molecule has 1 aromatic rings. The zero-order valence-electron chi connectivity index (χ0n) is 9.82. The molecule has 0 aliphatic heterocycles. The molecule has 1 heterocycles. The van der Waals surface area contributed by atoms with Crippen LogP contribution in [0.1, 0.15) is 18.2 Å². The molecule has 0 fully saturated rings. The lowest BCUT2D eigenvalue weighted by molar-refractivity contribution is -0.384. The monoisotopic (exact) mass is 259 g/mol. The van der Waals surface area contributed by atoms with E-state index < -0.39 is 4.92 Å². The van der Waals surface area contributed by atoms with Gasteiger partial charge in [-0.05, 0) is 20.8 Å². The van der Waals surface area contributed by atoms with Crippen molar-refractivity contribution >= 4 is 23.0 Å². The maximum atomic E-state index is 11.0. The van der Waals surface area contributed by atoms with E-state index in [1.54, 1.807) is 20.8 Å². The average molecular weight is 260 g/mol. The Balaban J connectivity index is 3.37. The fourth-order valence-electron chi connectivity index (χ4n) is 1.38. The van der Waals surface area contributed by atoms with E-state index in [1.165, 1.54) is 0 Å². The summed E-state index contributed by atoms with van der Waals surface area (Å²) in [7, 11) is 0. The molecular formula is C10H14ClN3O3. The molecule has 0 spiro atoms. The number of aliphatic hydroxyl groups is 1. The van der Waals surface area contributed by atoms with Crippen LogP contribution in [0.5, 0.6) is 0 Å². The molecule has 0 saturated heterocycles. The van der Waals surface area contributed by atoms with Gasteiger partial charge < -0.3 is 10.4 Å². The van der Waals surface area contributed by atoms with Crippen LogP contribution in [0.15, 0.2) is 0 Å². The van der Waals surface area contributed by atoms with E-state index in [2.05, 4.69) is 10.3 Å². The first-order valence-corrected chi connectivity index (χ1v) is 5.44. The second-order valence-corrected chi connectivity index (χ2v) is 4.18. The third-order valence-corrected chi connectivity index (χ3v) is 2.73. The fourth-order valence-corrected chi connectivity index (χ4v) is 1.67. The minimum Gasteiger partial charge on any atom is -0.394 e. The quantitative estimate of drug-likeness (QED) is 0.491. The maximum absolute atomic E-state index is 11.0. The fraction of sp³-hybridized carbons (Fsp3) is 0.500. The molecule has 0 unspecified atom stereocenters. The Morgan fingerprint density at radius 1 is 1.59 bits per heavy atom. The molecule has 7 heteroatoms. The first-order valence-electron chi connectivity index (χ1n) is 5.07. The number of nitrogens with zero attached hydrogens (tertiary/aromatic N) is 2. The molecule has 0 aliphatic rings.